The van der Waals surface area contributed by atoms with E-state index in [1.165, 1.54) is 25.7 Å². The number of aromatic nitrogens is 2. The van der Waals surface area contributed by atoms with E-state index in [9.17, 15) is 0 Å². The highest BCUT2D eigenvalue weighted by Crippen LogP contribution is 2.36. The molecule has 2 atom stereocenters. The van der Waals surface area contributed by atoms with Crippen molar-refractivity contribution in [2.45, 2.75) is 48.0 Å². The minimum absolute atomic E-state index is 0.725. The van der Waals surface area contributed by atoms with Crippen molar-refractivity contribution >= 4 is 29.3 Å². The molecule has 100 valence electrons. The molecule has 0 amide bonds. The Balaban J connectivity index is 2.07. The number of rotatable bonds is 4. The number of hydrogen-bond acceptors (Lipinski definition) is 5. The molecule has 1 aromatic rings. The molecule has 1 aliphatic rings. The first-order valence-electron chi connectivity index (χ1n) is 6.48. The number of nitrogens with zero attached hydrogens (tertiary/aromatic N) is 2. The van der Waals surface area contributed by atoms with Gasteiger partial charge in [0.25, 0.3) is 0 Å². The normalized spacial score (nSPS) is 23.9. The van der Waals surface area contributed by atoms with E-state index in [-0.39, 0.29) is 0 Å². The number of hydrogen-bond donors (Lipinski definition) is 1. The second-order valence-corrected chi connectivity index (χ2v) is 6.93. The predicted molar refractivity (Wildman–Crippen MR) is 80.6 cm³/mol. The van der Waals surface area contributed by atoms with Crippen LogP contribution in [0.3, 0.4) is 0 Å². The van der Waals surface area contributed by atoms with Crippen molar-refractivity contribution in [1.82, 2.24) is 9.97 Å². The Morgan fingerprint density at radius 2 is 2.17 bits per heavy atom. The first kappa shape index (κ1) is 14.0. The van der Waals surface area contributed by atoms with E-state index in [4.69, 9.17) is 0 Å². The topological polar surface area (TPSA) is 37.8 Å². The van der Waals surface area contributed by atoms with E-state index in [0.717, 1.165) is 27.2 Å². The van der Waals surface area contributed by atoms with Crippen molar-refractivity contribution in [3.05, 3.63) is 6.07 Å². The summed E-state index contributed by atoms with van der Waals surface area (Å²) in [6, 6.07) is 2.06. The van der Waals surface area contributed by atoms with Crippen LogP contribution in [-0.4, -0.2) is 28.5 Å². The summed E-state index contributed by atoms with van der Waals surface area (Å²) in [5, 5.41) is 5.80. The predicted octanol–water partition coefficient (Wildman–Crippen LogP) is 3.91. The van der Waals surface area contributed by atoms with Crippen LogP contribution in [0.25, 0.3) is 0 Å². The lowest BCUT2D eigenvalue weighted by molar-refractivity contribution is 0.394. The minimum Gasteiger partial charge on any atom is -0.373 e. The van der Waals surface area contributed by atoms with Crippen LogP contribution in [0.5, 0.6) is 0 Å². The van der Waals surface area contributed by atoms with Gasteiger partial charge >= 0.3 is 0 Å². The largest absolute Gasteiger partial charge is 0.373 e. The Hall–Kier alpha value is -0.420. The first-order valence-corrected chi connectivity index (χ1v) is 8.59. The molecule has 5 heteroatoms. The molecule has 2 unspecified atom stereocenters. The minimum atomic E-state index is 0.725. The zero-order chi connectivity index (χ0) is 13.0. The van der Waals surface area contributed by atoms with Crippen LogP contribution in [-0.2, 0) is 0 Å². The molecular formula is C13H21N3S2. The van der Waals surface area contributed by atoms with Gasteiger partial charge in [-0.2, -0.15) is 0 Å². The molecule has 0 bridgehead atoms. The van der Waals surface area contributed by atoms with Crippen LogP contribution in [0.2, 0.25) is 0 Å². The van der Waals surface area contributed by atoms with Gasteiger partial charge in [0, 0.05) is 18.4 Å². The number of nitrogens with one attached hydrogen (secondary N) is 1. The summed E-state index contributed by atoms with van der Waals surface area (Å²) < 4.78 is 0. The van der Waals surface area contributed by atoms with E-state index < -0.39 is 0 Å². The standard InChI is InChI=1S/C13H21N3S2/c1-9-5-4-6-10(7-9)18-12-8-11(14-2)15-13(16-12)17-3/h8-10H,4-7H2,1-3H3,(H,14,15,16). The second kappa shape index (κ2) is 6.66. The van der Waals surface area contributed by atoms with Gasteiger partial charge in [-0.25, -0.2) is 9.97 Å². The zero-order valence-corrected chi connectivity index (χ0v) is 12.9. The van der Waals surface area contributed by atoms with Gasteiger partial charge in [0.1, 0.15) is 10.8 Å². The summed E-state index contributed by atoms with van der Waals surface area (Å²) in [5.41, 5.74) is 0. The van der Waals surface area contributed by atoms with Crippen molar-refractivity contribution < 1.29 is 0 Å². The van der Waals surface area contributed by atoms with Gasteiger partial charge in [0.05, 0.1) is 0 Å². The highest BCUT2D eigenvalue weighted by Gasteiger charge is 2.20. The molecule has 0 saturated heterocycles. The quantitative estimate of drug-likeness (QED) is 0.515. The molecule has 1 saturated carbocycles. The summed E-state index contributed by atoms with van der Waals surface area (Å²) in [7, 11) is 1.91. The van der Waals surface area contributed by atoms with Gasteiger partial charge in [-0.1, -0.05) is 31.5 Å². The molecule has 0 aliphatic heterocycles. The molecule has 1 aliphatic carbocycles. The van der Waals surface area contributed by atoms with Crippen LogP contribution >= 0.6 is 23.5 Å². The SMILES string of the molecule is CNc1cc(SC2CCCC(C)C2)nc(SC)n1. The highest BCUT2D eigenvalue weighted by molar-refractivity contribution is 8.00. The maximum Gasteiger partial charge on any atom is 0.190 e. The lowest BCUT2D eigenvalue weighted by Crippen LogP contribution is -2.15. The van der Waals surface area contributed by atoms with E-state index in [0.29, 0.717) is 0 Å². The van der Waals surface area contributed by atoms with E-state index in [1.807, 2.05) is 25.1 Å². The zero-order valence-electron chi connectivity index (χ0n) is 11.3. The first-order chi connectivity index (χ1) is 8.71. The smallest absolute Gasteiger partial charge is 0.190 e. The molecule has 1 heterocycles. The molecule has 1 aromatic heterocycles. The summed E-state index contributed by atoms with van der Waals surface area (Å²) in [5.74, 6) is 1.78. The number of anilines is 1. The fourth-order valence-corrected chi connectivity index (χ4v) is 4.15. The fraction of sp³-hybridized carbons (Fsp3) is 0.692. The van der Waals surface area contributed by atoms with E-state index in [2.05, 4.69) is 28.3 Å². The molecule has 1 N–H and O–H groups in total. The third-order valence-corrected chi connectivity index (χ3v) is 5.06. The Morgan fingerprint density at radius 1 is 1.33 bits per heavy atom. The lowest BCUT2D eigenvalue weighted by atomic mass is 9.91. The van der Waals surface area contributed by atoms with Gasteiger partial charge in [0.2, 0.25) is 0 Å². The second-order valence-electron chi connectivity index (χ2n) is 4.84. The van der Waals surface area contributed by atoms with Gasteiger partial charge < -0.3 is 5.32 Å². The van der Waals surface area contributed by atoms with E-state index >= 15 is 0 Å². The molecular weight excluding hydrogens is 262 g/mol. The molecule has 2 rings (SSSR count). The fourth-order valence-electron chi connectivity index (χ4n) is 2.34. The molecule has 0 radical (unpaired) electrons. The Morgan fingerprint density at radius 3 is 2.83 bits per heavy atom. The third kappa shape index (κ3) is 3.79. The summed E-state index contributed by atoms with van der Waals surface area (Å²) in [6.45, 7) is 2.36. The average Bonchev–Trinajstić information content (AvgIpc) is 2.38. The van der Waals surface area contributed by atoms with Gasteiger partial charge in [-0.15, -0.1) is 11.8 Å². The maximum absolute atomic E-state index is 4.59. The Kier molecular flexibility index (Phi) is 5.18. The monoisotopic (exact) mass is 283 g/mol. The van der Waals surface area contributed by atoms with Crippen LogP contribution in [0.1, 0.15) is 32.6 Å². The molecule has 3 nitrogen and oxygen atoms in total. The van der Waals surface area contributed by atoms with Crippen LogP contribution < -0.4 is 5.32 Å². The van der Waals surface area contributed by atoms with Gasteiger partial charge in [0.15, 0.2) is 5.16 Å². The van der Waals surface area contributed by atoms with Crippen LogP contribution in [0.15, 0.2) is 16.2 Å². The van der Waals surface area contributed by atoms with Gasteiger partial charge in [-0.05, 0) is 25.0 Å². The molecule has 0 spiro atoms. The lowest BCUT2D eigenvalue weighted by Gasteiger charge is -2.25. The molecule has 1 fully saturated rings. The van der Waals surface area contributed by atoms with E-state index in [1.54, 1.807) is 11.8 Å². The number of thioether (sulfide) groups is 2. The average molecular weight is 283 g/mol. The van der Waals surface area contributed by atoms with Crippen molar-refractivity contribution in [2.24, 2.45) is 5.92 Å². The van der Waals surface area contributed by atoms with Crippen molar-refractivity contribution in [1.29, 1.82) is 0 Å². The summed E-state index contributed by atoms with van der Waals surface area (Å²) >= 11 is 3.52. The molecule has 18 heavy (non-hydrogen) atoms. The Bertz CT molecular complexity index is 376. The Labute approximate surface area is 118 Å². The van der Waals surface area contributed by atoms with Crippen LogP contribution in [0.4, 0.5) is 5.82 Å². The van der Waals surface area contributed by atoms with Gasteiger partial charge in [-0.3, -0.25) is 0 Å². The highest BCUT2D eigenvalue weighted by atomic mass is 32.2. The van der Waals surface area contributed by atoms with Crippen molar-refractivity contribution in [2.75, 3.05) is 18.6 Å². The van der Waals surface area contributed by atoms with Crippen molar-refractivity contribution in [3.8, 4) is 0 Å². The summed E-state index contributed by atoms with van der Waals surface area (Å²) in [4.78, 5) is 9.00. The van der Waals surface area contributed by atoms with Crippen LogP contribution in [0, 0.1) is 5.92 Å². The van der Waals surface area contributed by atoms with Crippen molar-refractivity contribution in [3.63, 3.8) is 0 Å². The maximum atomic E-state index is 4.59. The summed E-state index contributed by atoms with van der Waals surface area (Å²) in [6.07, 6.45) is 7.41. The third-order valence-electron chi connectivity index (χ3n) is 3.30. The molecule has 0 aromatic carbocycles.